The number of nitrogens with zero attached hydrogens (tertiary/aromatic N) is 2. The molecule has 1 aliphatic rings. The average Bonchev–Trinajstić information content (AvgIpc) is 2.67. The fraction of sp³-hybridized carbons (Fsp3) is 0.500. The van der Waals surface area contributed by atoms with Gasteiger partial charge in [0.2, 0.25) is 0 Å². The molecule has 0 radical (unpaired) electrons. The minimum Gasteiger partial charge on any atom is -0.305 e. The summed E-state index contributed by atoms with van der Waals surface area (Å²) >= 11 is 0. The molecule has 0 aromatic carbocycles. The monoisotopic (exact) mass is 191 g/mol. The number of Topliss-reactive ketones (excluding diaryl/α,β-unsaturated/α-hetero) is 1. The van der Waals surface area contributed by atoms with Crippen molar-refractivity contribution in [2.75, 3.05) is 6.54 Å². The van der Waals surface area contributed by atoms with Gasteiger partial charge in [0.05, 0.1) is 11.1 Å². The van der Waals surface area contributed by atoms with Gasteiger partial charge in [-0.25, -0.2) is 9.97 Å². The lowest BCUT2D eigenvalue weighted by Crippen LogP contribution is -2.44. The molecule has 1 unspecified atom stereocenters. The average molecular weight is 191 g/mol. The zero-order valence-electron chi connectivity index (χ0n) is 8.16. The fourth-order valence-electron chi connectivity index (χ4n) is 1.82. The number of hydrogen-bond acceptors (Lipinski definition) is 4. The van der Waals surface area contributed by atoms with Crippen molar-refractivity contribution in [2.45, 2.75) is 25.3 Å². The number of ketones is 1. The van der Waals surface area contributed by atoms with Gasteiger partial charge in [0, 0.05) is 12.4 Å². The Kier molecular flexibility index (Phi) is 2.29. The maximum Gasteiger partial charge on any atom is 0.185 e. The third-order valence-electron chi connectivity index (χ3n) is 2.69. The van der Waals surface area contributed by atoms with E-state index >= 15 is 0 Å². The Labute approximate surface area is 82.8 Å². The molecule has 1 saturated heterocycles. The second-order valence-corrected chi connectivity index (χ2v) is 3.82. The van der Waals surface area contributed by atoms with Gasteiger partial charge in [-0.15, -0.1) is 0 Å². The minimum atomic E-state index is -0.412. The first-order valence-electron chi connectivity index (χ1n) is 4.77. The Morgan fingerprint density at radius 1 is 1.50 bits per heavy atom. The Morgan fingerprint density at radius 2 is 2.21 bits per heavy atom. The zero-order valence-corrected chi connectivity index (χ0v) is 8.16. The number of aromatic nitrogens is 2. The normalized spacial score (nSPS) is 26.4. The first-order valence-corrected chi connectivity index (χ1v) is 4.77. The van der Waals surface area contributed by atoms with Crippen LogP contribution in [0.3, 0.4) is 0 Å². The predicted molar refractivity (Wildman–Crippen MR) is 52.0 cm³/mol. The van der Waals surface area contributed by atoms with Crippen molar-refractivity contribution in [3.8, 4) is 0 Å². The van der Waals surface area contributed by atoms with Crippen LogP contribution in [-0.4, -0.2) is 27.8 Å². The molecule has 74 valence electrons. The summed E-state index contributed by atoms with van der Waals surface area (Å²) in [6.07, 6.45) is 6.51. The second-order valence-electron chi connectivity index (χ2n) is 3.82. The number of rotatable bonds is 2. The Balaban J connectivity index is 2.24. The largest absolute Gasteiger partial charge is 0.305 e. The zero-order chi connectivity index (χ0) is 10.0. The molecule has 0 aliphatic carbocycles. The highest BCUT2D eigenvalue weighted by molar-refractivity contribution is 6.02. The van der Waals surface area contributed by atoms with Crippen LogP contribution >= 0.6 is 0 Å². The lowest BCUT2D eigenvalue weighted by molar-refractivity contribution is 0.0883. The van der Waals surface area contributed by atoms with Crippen molar-refractivity contribution in [1.82, 2.24) is 15.3 Å². The summed E-state index contributed by atoms with van der Waals surface area (Å²) in [4.78, 5) is 19.7. The van der Waals surface area contributed by atoms with Crippen molar-refractivity contribution < 1.29 is 4.79 Å². The summed E-state index contributed by atoms with van der Waals surface area (Å²) in [6.45, 7) is 2.85. The Morgan fingerprint density at radius 3 is 2.79 bits per heavy atom. The van der Waals surface area contributed by atoms with E-state index in [1.54, 1.807) is 12.4 Å². The van der Waals surface area contributed by atoms with Crippen LogP contribution in [0.2, 0.25) is 0 Å². The van der Waals surface area contributed by atoms with E-state index in [9.17, 15) is 4.79 Å². The molecule has 1 N–H and O–H groups in total. The summed E-state index contributed by atoms with van der Waals surface area (Å²) in [5, 5.41) is 3.23. The molecule has 0 bridgehead atoms. The third-order valence-corrected chi connectivity index (χ3v) is 2.69. The molecule has 4 nitrogen and oxygen atoms in total. The topological polar surface area (TPSA) is 54.9 Å². The van der Waals surface area contributed by atoms with Gasteiger partial charge in [-0.2, -0.15) is 0 Å². The van der Waals surface area contributed by atoms with Crippen molar-refractivity contribution >= 4 is 5.78 Å². The van der Waals surface area contributed by atoms with E-state index in [4.69, 9.17) is 0 Å². The molecule has 1 atom stereocenters. The van der Waals surface area contributed by atoms with Crippen LogP contribution in [0.15, 0.2) is 18.7 Å². The van der Waals surface area contributed by atoms with Crippen LogP contribution < -0.4 is 5.32 Å². The van der Waals surface area contributed by atoms with Crippen LogP contribution in [0.25, 0.3) is 0 Å². The highest BCUT2D eigenvalue weighted by Crippen LogP contribution is 2.22. The van der Waals surface area contributed by atoms with Gasteiger partial charge in [-0.1, -0.05) is 0 Å². The van der Waals surface area contributed by atoms with Gasteiger partial charge in [-0.05, 0) is 26.3 Å². The van der Waals surface area contributed by atoms with Crippen molar-refractivity contribution in [3.63, 3.8) is 0 Å². The number of carbonyl (C=O) groups excluding carboxylic acids is 1. The molecule has 0 spiro atoms. The number of carbonyl (C=O) groups is 1. The van der Waals surface area contributed by atoms with Crippen molar-refractivity contribution in [2.24, 2.45) is 0 Å². The maximum absolute atomic E-state index is 12.0. The maximum atomic E-state index is 12.0. The first-order chi connectivity index (χ1) is 6.72. The lowest BCUT2D eigenvalue weighted by atomic mass is 9.91. The standard InChI is InChI=1S/C10H13N3O/c1-10(3-2-4-13-10)9(14)8-5-11-7-12-6-8/h5-7,13H,2-4H2,1H3. The van der Waals surface area contributed by atoms with E-state index in [2.05, 4.69) is 15.3 Å². The van der Waals surface area contributed by atoms with Crippen LogP contribution in [0, 0.1) is 0 Å². The fourth-order valence-corrected chi connectivity index (χ4v) is 1.82. The number of hydrogen-bond donors (Lipinski definition) is 1. The number of nitrogens with one attached hydrogen (secondary N) is 1. The van der Waals surface area contributed by atoms with E-state index in [1.165, 1.54) is 6.33 Å². The van der Waals surface area contributed by atoms with Crippen LogP contribution in [0.5, 0.6) is 0 Å². The van der Waals surface area contributed by atoms with Gasteiger partial charge in [0.15, 0.2) is 5.78 Å². The molecule has 1 aromatic rings. The molecule has 2 rings (SSSR count). The summed E-state index contributed by atoms with van der Waals surface area (Å²) < 4.78 is 0. The lowest BCUT2D eigenvalue weighted by Gasteiger charge is -2.21. The molecule has 1 aromatic heterocycles. The molecular weight excluding hydrogens is 178 g/mol. The molecule has 0 saturated carbocycles. The van der Waals surface area contributed by atoms with Gasteiger partial charge in [0.25, 0.3) is 0 Å². The molecule has 1 aliphatic heterocycles. The molecule has 0 amide bonds. The molecule has 4 heteroatoms. The minimum absolute atomic E-state index is 0.0931. The van der Waals surface area contributed by atoms with Gasteiger partial charge in [0.1, 0.15) is 6.33 Å². The third kappa shape index (κ3) is 1.53. The summed E-state index contributed by atoms with van der Waals surface area (Å²) in [5.41, 5.74) is 0.175. The second kappa shape index (κ2) is 3.46. The van der Waals surface area contributed by atoms with E-state index in [1.807, 2.05) is 6.92 Å². The van der Waals surface area contributed by atoms with Gasteiger partial charge in [-0.3, -0.25) is 4.79 Å². The van der Waals surface area contributed by atoms with Crippen LogP contribution in [0.4, 0.5) is 0 Å². The summed E-state index contributed by atoms with van der Waals surface area (Å²) in [5.74, 6) is 0.0931. The van der Waals surface area contributed by atoms with E-state index in [-0.39, 0.29) is 5.78 Å². The van der Waals surface area contributed by atoms with Crippen molar-refractivity contribution in [3.05, 3.63) is 24.3 Å². The molecule has 1 fully saturated rings. The van der Waals surface area contributed by atoms with Gasteiger partial charge >= 0.3 is 0 Å². The smallest absolute Gasteiger partial charge is 0.185 e. The quantitative estimate of drug-likeness (QED) is 0.702. The molecule has 2 heterocycles. The highest BCUT2D eigenvalue weighted by Gasteiger charge is 2.36. The molecule has 14 heavy (non-hydrogen) atoms. The Bertz CT molecular complexity index is 330. The highest BCUT2D eigenvalue weighted by atomic mass is 16.1. The van der Waals surface area contributed by atoms with E-state index in [0.29, 0.717) is 5.56 Å². The van der Waals surface area contributed by atoms with Crippen molar-refractivity contribution in [1.29, 1.82) is 0 Å². The Hall–Kier alpha value is -1.29. The SMILES string of the molecule is CC1(C(=O)c2cncnc2)CCCN1. The van der Waals surface area contributed by atoms with Crippen LogP contribution in [0.1, 0.15) is 30.1 Å². The molecular formula is C10H13N3O. The van der Waals surface area contributed by atoms with Gasteiger partial charge < -0.3 is 5.32 Å². The summed E-state index contributed by atoms with van der Waals surface area (Å²) in [6, 6.07) is 0. The summed E-state index contributed by atoms with van der Waals surface area (Å²) in [7, 11) is 0. The van der Waals surface area contributed by atoms with E-state index < -0.39 is 5.54 Å². The predicted octanol–water partition coefficient (Wildman–Crippen LogP) is 0.801. The van der Waals surface area contributed by atoms with E-state index in [0.717, 1.165) is 19.4 Å². The van der Waals surface area contributed by atoms with Crippen LogP contribution in [-0.2, 0) is 0 Å². The first kappa shape index (κ1) is 9.27.